The normalized spacial score (nSPS) is 21.6. The van der Waals surface area contributed by atoms with E-state index in [0.29, 0.717) is 19.6 Å². The maximum Gasteiger partial charge on any atom is 0.317 e. The lowest BCUT2D eigenvalue weighted by atomic mass is 10.0. The first-order valence-electron chi connectivity index (χ1n) is 10.4. The Kier molecular flexibility index (Phi) is 5.67. The Labute approximate surface area is 172 Å². The molecule has 2 atom stereocenters. The number of carbonyl (C=O) groups excluding carboxylic acids is 1. The summed E-state index contributed by atoms with van der Waals surface area (Å²) in [4.78, 5) is 26.5. The lowest BCUT2D eigenvalue weighted by molar-refractivity contribution is -0.00556. The first kappa shape index (κ1) is 19.6. The number of morpholine rings is 1. The topological polar surface area (TPSA) is 70.6 Å². The predicted molar refractivity (Wildman–Crippen MR) is 113 cm³/mol. The fourth-order valence-corrected chi connectivity index (χ4v) is 4.16. The first-order chi connectivity index (χ1) is 14.0. The van der Waals surface area contributed by atoms with Gasteiger partial charge in [-0.3, -0.25) is 0 Å². The zero-order valence-corrected chi connectivity index (χ0v) is 17.4. The zero-order valence-electron chi connectivity index (χ0n) is 17.4. The molecular formula is C22H29N5O2. The van der Waals surface area contributed by atoms with Gasteiger partial charge in [0.15, 0.2) is 5.82 Å². The molecule has 1 saturated heterocycles. The van der Waals surface area contributed by atoms with Gasteiger partial charge in [-0.05, 0) is 20.8 Å². The molecular weight excluding hydrogens is 366 g/mol. The molecule has 1 aromatic heterocycles. The predicted octanol–water partition coefficient (Wildman–Crippen LogP) is 2.84. The van der Waals surface area contributed by atoms with Crippen LogP contribution in [0.4, 0.5) is 10.6 Å². The molecule has 1 fully saturated rings. The van der Waals surface area contributed by atoms with E-state index >= 15 is 0 Å². The number of carbonyl (C=O) groups is 1. The Balaban J connectivity index is 1.75. The molecule has 2 aliphatic rings. The summed E-state index contributed by atoms with van der Waals surface area (Å²) in [6.07, 6.45) is 0.998. The van der Waals surface area contributed by atoms with Crippen molar-refractivity contribution in [2.75, 3.05) is 31.1 Å². The third kappa shape index (κ3) is 4.19. The Morgan fingerprint density at radius 3 is 2.59 bits per heavy atom. The fourth-order valence-electron chi connectivity index (χ4n) is 4.16. The summed E-state index contributed by atoms with van der Waals surface area (Å²) in [5.41, 5.74) is 3.11. The summed E-state index contributed by atoms with van der Waals surface area (Å²) < 4.78 is 5.93. The maximum atomic E-state index is 12.4. The minimum Gasteiger partial charge on any atom is -0.372 e. The minimum atomic E-state index is -0.0278. The van der Waals surface area contributed by atoms with Crippen molar-refractivity contribution in [1.82, 2.24) is 20.2 Å². The van der Waals surface area contributed by atoms with Gasteiger partial charge in [-0.1, -0.05) is 30.3 Å². The molecule has 0 radical (unpaired) electrons. The van der Waals surface area contributed by atoms with Crippen LogP contribution < -0.4 is 10.2 Å². The van der Waals surface area contributed by atoms with E-state index in [0.717, 1.165) is 48.0 Å². The summed E-state index contributed by atoms with van der Waals surface area (Å²) in [6, 6.07) is 10.1. The minimum absolute atomic E-state index is 0.0278. The highest BCUT2D eigenvalue weighted by atomic mass is 16.5. The van der Waals surface area contributed by atoms with Crippen LogP contribution in [0.2, 0.25) is 0 Å². The highest BCUT2D eigenvalue weighted by Gasteiger charge is 2.31. The molecule has 0 aliphatic carbocycles. The third-order valence-electron chi connectivity index (χ3n) is 5.40. The summed E-state index contributed by atoms with van der Waals surface area (Å²) in [5.74, 6) is 1.68. The highest BCUT2D eigenvalue weighted by Crippen LogP contribution is 2.31. The molecule has 1 N–H and O–H groups in total. The van der Waals surface area contributed by atoms with Gasteiger partial charge in [0.05, 0.1) is 24.4 Å². The van der Waals surface area contributed by atoms with E-state index < -0.39 is 0 Å². The Morgan fingerprint density at radius 1 is 1.17 bits per heavy atom. The van der Waals surface area contributed by atoms with Crippen molar-refractivity contribution in [3.63, 3.8) is 0 Å². The number of anilines is 1. The van der Waals surface area contributed by atoms with Gasteiger partial charge >= 0.3 is 6.03 Å². The molecule has 4 rings (SSSR count). The number of hydrogen-bond donors (Lipinski definition) is 1. The first-order valence-corrected chi connectivity index (χ1v) is 10.4. The van der Waals surface area contributed by atoms with E-state index in [4.69, 9.17) is 14.7 Å². The van der Waals surface area contributed by atoms with Crippen molar-refractivity contribution in [3.8, 4) is 11.4 Å². The molecule has 2 aliphatic heterocycles. The van der Waals surface area contributed by atoms with Crippen LogP contribution in [-0.2, 0) is 17.7 Å². The van der Waals surface area contributed by atoms with Crippen molar-refractivity contribution in [2.24, 2.45) is 0 Å². The van der Waals surface area contributed by atoms with E-state index in [9.17, 15) is 4.79 Å². The molecule has 0 bridgehead atoms. The van der Waals surface area contributed by atoms with E-state index in [1.807, 2.05) is 42.2 Å². The number of aromatic nitrogens is 2. The monoisotopic (exact) mass is 395 g/mol. The lowest BCUT2D eigenvalue weighted by Crippen LogP contribution is -2.48. The number of nitrogens with one attached hydrogen (secondary N) is 1. The van der Waals surface area contributed by atoms with Crippen molar-refractivity contribution < 1.29 is 9.53 Å². The van der Waals surface area contributed by atoms with Crippen LogP contribution in [0.3, 0.4) is 0 Å². The molecule has 29 heavy (non-hydrogen) atoms. The van der Waals surface area contributed by atoms with Gasteiger partial charge in [-0.2, -0.15) is 0 Å². The molecule has 2 aromatic rings. The van der Waals surface area contributed by atoms with E-state index in [1.165, 1.54) is 0 Å². The van der Waals surface area contributed by atoms with Gasteiger partial charge in [-0.15, -0.1) is 0 Å². The second kappa shape index (κ2) is 8.37. The van der Waals surface area contributed by atoms with Crippen molar-refractivity contribution in [3.05, 3.63) is 41.6 Å². The smallest absolute Gasteiger partial charge is 0.317 e. The second-order valence-corrected chi connectivity index (χ2v) is 7.83. The molecule has 0 saturated carbocycles. The Morgan fingerprint density at radius 2 is 1.90 bits per heavy atom. The van der Waals surface area contributed by atoms with Gasteiger partial charge in [0.1, 0.15) is 5.82 Å². The number of ether oxygens (including phenoxy) is 1. The number of benzene rings is 1. The number of nitrogens with zero attached hydrogens (tertiary/aromatic N) is 4. The van der Waals surface area contributed by atoms with Gasteiger partial charge < -0.3 is 19.9 Å². The highest BCUT2D eigenvalue weighted by molar-refractivity contribution is 5.75. The molecule has 7 heteroatoms. The Hall–Kier alpha value is -2.67. The van der Waals surface area contributed by atoms with Crippen LogP contribution >= 0.6 is 0 Å². The lowest BCUT2D eigenvalue weighted by Gasteiger charge is -2.39. The SMILES string of the molecule is CCNC(=O)N1CCc2nc(-c3ccccc3)nc(N3C[C@@H](C)O[C@H](C)C3)c2C1. The number of hydrogen-bond acceptors (Lipinski definition) is 5. The average Bonchev–Trinajstić information content (AvgIpc) is 2.72. The van der Waals surface area contributed by atoms with Gasteiger partial charge in [0.25, 0.3) is 0 Å². The van der Waals surface area contributed by atoms with Crippen LogP contribution in [0, 0.1) is 0 Å². The van der Waals surface area contributed by atoms with Crippen LogP contribution in [0.15, 0.2) is 30.3 Å². The quantitative estimate of drug-likeness (QED) is 0.865. The van der Waals surface area contributed by atoms with E-state index in [2.05, 4.69) is 24.1 Å². The van der Waals surface area contributed by atoms with Gasteiger partial charge in [-0.25, -0.2) is 14.8 Å². The fraction of sp³-hybridized carbons (Fsp3) is 0.500. The van der Waals surface area contributed by atoms with Crippen LogP contribution in [0.25, 0.3) is 11.4 Å². The number of fused-ring (bicyclic) bond motifs is 1. The zero-order chi connectivity index (χ0) is 20.4. The standard InChI is InChI=1S/C22H29N5O2/c1-4-23-22(28)26-11-10-19-18(14-26)21(27-12-15(2)29-16(3)13-27)25-20(24-19)17-8-6-5-7-9-17/h5-9,15-16H,4,10-14H2,1-3H3,(H,23,28)/t15-,16-/m1/s1. The van der Waals surface area contributed by atoms with Gasteiger partial charge in [0.2, 0.25) is 0 Å². The second-order valence-electron chi connectivity index (χ2n) is 7.83. The van der Waals surface area contributed by atoms with Crippen LogP contribution in [0.1, 0.15) is 32.0 Å². The van der Waals surface area contributed by atoms with Crippen molar-refractivity contribution in [1.29, 1.82) is 0 Å². The maximum absolute atomic E-state index is 12.4. The Bertz CT molecular complexity index is 863. The number of rotatable bonds is 3. The van der Waals surface area contributed by atoms with E-state index in [-0.39, 0.29) is 18.2 Å². The van der Waals surface area contributed by atoms with Crippen LogP contribution in [0.5, 0.6) is 0 Å². The molecule has 1 aromatic carbocycles. The molecule has 2 amide bonds. The largest absolute Gasteiger partial charge is 0.372 e. The van der Waals surface area contributed by atoms with Crippen molar-refractivity contribution in [2.45, 2.75) is 45.9 Å². The average molecular weight is 396 g/mol. The summed E-state index contributed by atoms with van der Waals surface area (Å²) in [7, 11) is 0. The van der Waals surface area contributed by atoms with Crippen molar-refractivity contribution >= 4 is 11.8 Å². The summed E-state index contributed by atoms with van der Waals surface area (Å²) in [5, 5.41) is 2.91. The van der Waals surface area contributed by atoms with Crippen LogP contribution in [-0.4, -0.2) is 59.3 Å². The summed E-state index contributed by atoms with van der Waals surface area (Å²) in [6.45, 7) is 9.51. The van der Waals surface area contributed by atoms with Gasteiger partial charge in [0, 0.05) is 43.7 Å². The molecule has 7 nitrogen and oxygen atoms in total. The molecule has 0 unspecified atom stereocenters. The number of amides is 2. The third-order valence-corrected chi connectivity index (χ3v) is 5.40. The number of urea groups is 1. The summed E-state index contributed by atoms with van der Waals surface area (Å²) >= 11 is 0. The molecule has 3 heterocycles. The molecule has 154 valence electrons. The van der Waals surface area contributed by atoms with E-state index in [1.54, 1.807) is 0 Å². The molecule has 0 spiro atoms.